The first-order chi connectivity index (χ1) is 12.8. The number of guanidine groups is 4. The molecule has 0 unspecified atom stereocenters. The van der Waals surface area contributed by atoms with Gasteiger partial charge in [-0.1, -0.05) is 24.4 Å². The SMILES string of the molecule is N=C(N)NC(=N)NCCCCCCNC(=N)N(C(=N)N)c1ccc(Cl)cc1. The first-order valence-corrected chi connectivity index (χ1v) is 8.84. The molecular formula is C16H27ClN10. The average molecular weight is 395 g/mol. The lowest BCUT2D eigenvalue weighted by Crippen LogP contribution is -2.48. The van der Waals surface area contributed by atoms with Crippen molar-refractivity contribution in [2.45, 2.75) is 25.7 Å². The molecule has 0 saturated heterocycles. The maximum atomic E-state index is 8.11. The van der Waals surface area contributed by atoms with Crippen LogP contribution in [0.2, 0.25) is 5.02 Å². The lowest BCUT2D eigenvalue weighted by atomic mass is 10.2. The molecule has 0 aliphatic rings. The Morgan fingerprint density at radius 3 is 1.96 bits per heavy atom. The molecule has 0 aliphatic carbocycles. The molecule has 0 spiro atoms. The van der Waals surface area contributed by atoms with E-state index < -0.39 is 0 Å². The molecule has 10 nitrogen and oxygen atoms in total. The van der Waals surface area contributed by atoms with Crippen LogP contribution in [0.5, 0.6) is 0 Å². The van der Waals surface area contributed by atoms with Gasteiger partial charge in [-0.3, -0.25) is 31.9 Å². The molecule has 0 radical (unpaired) electrons. The van der Waals surface area contributed by atoms with Gasteiger partial charge in [0.1, 0.15) is 0 Å². The summed E-state index contributed by atoms with van der Waals surface area (Å²) in [4.78, 5) is 1.30. The van der Waals surface area contributed by atoms with E-state index in [9.17, 15) is 0 Å². The highest BCUT2D eigenvalue weighted by Crippen LogP contribution is 2.17. The molecule has 148 valence electrons. The summed E-state index contributed by atoms with van der Waals surface area (Å²) in [6.07, 6.45) is 3.65. The molecule has 1 aromatic carbocycles. The second-order valence-corrected chi connectivity index (χ2v) is 6.16. The Morgan fingerprint density at radius 1 is 0.889 bits per heavy atom. The fourth-order valence-corrected chi connectivity index (χ4v) is 2.39. The Hall–Kier alpha value is -3.01. The first-order valence-electron chi connectivity index (χ1n) is 8.47. The van der Waals surface area contributed by atoms with Crippen LogP contribution in [0.15, 0.2) is 24.3 Å². The number of rotatable bonds is 8. The minimum atomic E-state index is -0.265. The van der Waals surface area contributed by atoms with E-state index in [0.29, 0.717) is 23.8 Å². The minimum absolute atomic E-state index is 0.0177. The van der Waals surface area contributed by atoms with Gasteiger partial charge in [0.05, 0.1) is 5.69 Å². The molecule has 1 aromatic rings. The lowest BCUT2D eigenvalue weighted by Gasteiger charge is -2.23. The van der Waals surface area contributed by atoms with Crippen molar-refractivity contribution < 1.29 is 0 Å². The summed E-state index contributed by atoms with van der Waals surface area (Å²) < 4.78 is 0. The van der Waals surface area contributed by atoms with Gasteiger partial charge >= 0.3 is 0 Å². The van der Waals surface area contributed by atoms with Crippen LogP contribution in [0.3, 0.4) is 0 Å². The third-order valence-corrected chi connectivity index (χ3v) is 3.76. The highest BCUT2D eigenvalue weighted by atomic mass is 35.5. The van der Waals surface area contributed by atoms with Crippen LogP contribution in [-0.4, -0.2) is 36.9 Å². The number of unbranched alkanes of at least 4 members (excludes halogenated alkanes) is 3. The summed E-state index contributed by atoms with van der Waals surface area (Å²) in [7, 11) is 0. The largest absolute Gasteiger partial charge is 0.370 e. The van der Waals surface area contributed by atoms with Gasteiger partial charge < -0.3 is 22.1 Å². The summed E-state index contributed by atoms with van der Waals surface area (Å²) >= 11 is 5.86. The number of hydrogen-bond donors (Lipinski definition) is 9. The maximum absolute atomic E-state index is 8.11. The Labute approximate surface area is 163 Å². The van der Waals surface area contributed by atoms with Crippen LogP contribution in [-0.2, 0) is 0 Å². The van der Waals surface area contributed by atoms with Gasteiger partial charge in [-0.25, -0.2) is 0 Å². The van der Waals surface area contributed by atoms with Crippen molar-refractivity contribution in [3.8, 4) is 0 Å². The molecule has 0 fully saturated rings. The Kier molecular flexibility index (Phi) is 9.45. The van der Waals surface area contributed by atoms with E-state index in [4.69, 9.17) is 44.7 Å². The molecule has 0 aliphatic heterocycles. The van der Waals surface area contributed by atoms with Crippen molar-refractivity contribution in [1.82, 2.24) is 16.0 Å². The highest BCUT2D eigenvalue weighted by Gasteiger charge is 2.14. The third kappa shape index (κ3) is 8.77. The molecule has 11 heteroatoms. The molecule has 0 bridgehead atoms. The maximum Gasteiger partial charge on any atom is 0.202 e. The fraction of sp³-hybridized carbons (Fsp3) is 0.375. The van der Waals surface area contributed by atoms with Gasteiger partial charge in [-0.05, 0) is 37.1 Å². The van der Waals surface area contributed by atoms with Gasteiger partial charge in [0.25, 0.3) is 0 Å². The molecule has 0 heterocycles. The van der Waals surface area contributed by atoms with Gasteiger partial charge in [0.2, 0.25) is 5.96 Å². The van der Waals surface area contributed by atoms with Crippen molar-refractivity contribution in [1.29, 1.82) is 21.6 Å². The summed E-state index contributed by atoms with van der Waals surface area (Å²) in [6, 6.07) is 6.76. The number of nitrogens with one attached hydrogen (secondary N) is 7. The Balaban J connectivity index is 2.23. The predicted octanol–water partition coefficient (Wildman–Crippen LogP) is 1.13. The number of hydrogen-bond acceptors (Lipinski definition) is 4. The summed E-state index contributed by atoms with van der Waals surface area (Å²) in [5, 5.41) is 39.0. The van der Waals surface area contributed by atoms with Gasteiger partial charge in [0.15, 0.2) is 17.9 Å². The van der Waals surface area contributed by atoms with E-state index in [1.165, 1.54) is 4.90 Å². The summed E-state index contributed by atoms with van der Waals surface area (Å²) in [5.41, 5.74) is 11.3. The van der Waals surface area contributed by atoms with E-state index in [1.54, 1.807) is 24.3 Å². The number of nitrogens with zero attached hydrogens (tertiary/aromatic N) is 1. The smallest absolute Gasteiger partial charge is 0.202 e. The second kappa shape index (κ2) is 11.6. The van der Waals surface area contributed by atoms with E-state index in [0.717, 1.165) is 25.7 Å². The van der Waals surface area contributed by atoms with Crippen molar-refractivity contribution in [3.63, 3.8) is 0 Å². The Bertz CT molecular complexity index is 658. The quantitative estimate of drug-likeness (QED) is 0.180. The average Bonchev–Trinajstić information content (AvgIpc) is 2.58. The number of anilines is 1. The molecule has 27 heavy (non-hydrogen) atoms. The Morgan fingerprint density at radius 2 is 1.44 bits per heavy atom. The number of nitrogens with two attached hydrogens (primary N) is 2. The molecule has 0 atom stereocenters. The van der Waals surface area contributed by atoms with Crippen molar-refractivity contribution >= 4 is 41.1 Å². The fourth-order valence-electron chi connectivity index (χ4n) is 2.26. The van der Waals surface area contributed by atoms with Crippen LogP contribution < -0.4 is 32.3 Å². The van der Waals surface area contributed by atoms with E-state index >= 15 is 0 Å². The van der Waals surface area contributed by atoms with E-state index in [-0.39, 0.29) is 23.8 Å². The molecule has 0 amide bonds. The standard InChI is InChI=1S/C16H27ClN10/c17-11-5-7-12(8-6-11)27(14(20)21)16(23)25-10-4-2-1-3-9-24-15(22)26-13(18)19/h5-8H,1-4,9-10H2,(H3,20,21)(H2,23,25)(H6,18,19,22,24,26). The van der Waals surface area contributed by atoms with Gasteiger partial charge in [-0.15, -0.1) is 0 Å². The van der Waals surface area contributed by atoms with Crippen molar-refractivity contribution in [3.05, 3.63) is 29.3 Å². The number of benzene rings is 1. The van der Waals surface area contributed by atoms with E-state index in [1.807, 2.05) is 0 Å². The second-order valence-electron chi connectivity index (χ2n) is 5.73. The van der Waals surface area contributed by atoms with Crippen LogP contribution >= 0.6 is 11.6 Å². The van der Waals surface area contributed by atoms with Crippen LogP contribution in [0.25, 0.3) is 0 Å². The van der Waals surface area contributed by atoms with Gasteiger partial charge in [-0.2, -0.15) is 0 Å². The van der Waals surface area contributed by atoms with Crippen LogP contribution in [0, 0.1) is 21.6 Å². The van der Waals surface area contributed by atoms with Gasteiger partial charge in [0, 0.05) is 18.1 Å². The highest BCUT2D eigenvalue weighted by molar-refractivity contribution is 6.30. The third-order valence-electron chi connectivity index (χ3n) is 3.51. The predicted molar refractivity (Wildman–Crippen MR) is 111 cm³/mol. The molecular weight excluding hydrogens is 368 g/mol. The first kappa shape index (κ1) is 22.0. The zero-order valence-electron chi connectivity index (χ0n) is 15.0. The topological polar surface area (TPSA) is 187 Å². The van der Waals surface area contributed by atoms with Crippen molar-refractivity contribution in [2.24, 2.45) is 11.5 Å². The molecule has 0 saturated carbocycles. The number of halogens is 1. The molecule has 11 N–H and O–H groups in total. The normalized spacial score (nSPS) is 9.96. The molecule has 1 rings (SSSR count). The lowest BCUT2D eigenvalue weighted by molar-refractivity contribution is 0.620. The minimum Gasteiger partial charge on any atom is -0.370 e. The summed E-state index contributed by atoms with van der Waals surface area (Å²) in [5.74, 6) is -0.457. The summed E-state index contributed by atoms with van der Waals surface area (Å²) in [6.45, 7) is 1.21. The van der Waals surface area contributed by atoms with Crippen molar-refractivity contribution in [2.75, 3.05) is 18.0 Å². The zero-order chi connectivity index (χ0) is 20.2. The zero-order valence-corrected chi connectivity index (χ0v) is 15.8. The van der Waals surface area contributed by atoms with Crippen LogP contribution in [0.4, 0.5) is 5.69 Å². The van der Waals surface area contributed by atoms with E-state index in [2.05, 4.69) is 16.0 Å². The van der Waals surface area contributed by atoms with Crippen LogP contribution in [0.1, 0.15) is 25.7 Å². The monoisotopic (exact) mass is 394 g/mol. The molecule has 0 aromatic heterocycles.